The molecule has 13 rings (SSSR count). The summed E-state index contributed by atoms with van der Waals surface area (Å²) in [6.07, 6.45) is 0. The van der Waals surface area contributed by atoms with Gasteiger partial charge in [0.05, 0.1) is 28.2 Å². The third-order valence-electron chi connectivity index (χ3n) is 13.4. The molecular weight excluding hydrogens is 760 g/mol. The first-order valence-corrected chi connectivity index (χ1v) is 21.2. The molecule has 1 spiro atoms. The number of nitrogens with zero attached hydrogens (tertiary/aromatic N) is 2. The molecular formula is C58H37FN2O. The molecule has 0 saturated heterocycles. The molecule has 292 valence electrons. The van der Waals surface area contributed by atoms with Crippen molar-refractivity contribution in [1.82, 2.24) is 0 Å². The highest BCUT2D eigenvalue weighted by molar-refractivity contribution is 6.18. The van der Waals surface area contributed by atoms with Crippen molar-refractivity contribution in [2.75, 3.05) is 9.80 Å². The van der Waals surface area contributed by atoms with E-state index in [4.69, 9.17) is 4.42 Å². The number of halogens is 1. The fourth-order valence-corrected chi connectivity index (χ4v) is 10.9. The van der Waals surface area contributed by atoms with Gasteiger partial charge in [-0.15, -0.1) is 0 Å². The maximum atomic E-state index is 14.9. The smallest absolute Gasteiger partial charge is 0.159 e. The SMILES string of the molecule is Cc1cccc2c1oc1c(N(c3ccc(F)cc3)c3cc4c(c5ccccc35)-c3c(ccc5ccccc35)C43c4ccccc4N(c4ccccc4)c4ccccc43)cccc12. The van der Waals surface area contributed by atoms with Gasteiger partial charge in [0.25, 0.3) is 0 Å². The Morgan fingerprint density at radius 3 is 1.81 bits per heavy atom. The molecule has 62 heavy (non-hydrogen) atoms. The average molecular weight is 797 g/mol. The summed E-state index contributed by atoms with van der Waals surface area (Å²) >= 11 is 0. The molecule has 4 heteroatoms. The zero-order valence-corrected chi connectivity index (χ0v) is 33.8. The summed E-state index contributed by atoms with van der Waals surface area (Å²) in [7, 11) is 0. The minimum absolute atomic E-state index is 0.287. The molecule has 0 amide bonds. The van der Waals surface area contributed by atoms with Gasteiger partial charge in [-0.05, 0) is 123 Å². The Kier molecular flexibility index (Phi) is 7.32. The summed E-state index contributed by atoms with van der Waals surface area (Å²) in [5, 5.41) is 6.75. The first-order valence-electron chi connectivity index (χ1n) is 21.2. The summed E-state index contributed by atoms with van der Waals surface area (Å²) in [5.74, 6) is -0.287. The van der Waals surface area contributed by atoms with Crippen LogP contribution in [-0.4, -0.2) is 0 Å². The molecule has 1 aliphatic carbocycles. The third kappa shape index (κ3) is 4.64. The lowest BCUT2D eigenvalue weighted by molar-refractivity contribution is 0.628. The first-order chi connectivity index (χ1) is 30.6. The van der Waals surface area contributed by atoms with E-state index in [0.717, 1.165) is 72.4 Å². The number of anilines is 6. The topological polar surface area (TPSA) is 19.6 Å². The van der Waals surface area contributed by atoms with E-state index in [9.17, 15) is 4.39 Å². The van der Waals surface area contributed by atoms with Crippen LogP contribution < -0.4 is 9.80 Å². The van der Waals surface area contributed by atoms with Crippen LogP contribution in [0.5, 0.6) is 0 Å². The van der Waals surface area contributed by atoms with Gasteiger partial charge < -0.3 is 14.2 Å². The number of furan rings is 1. The highest BCUT2D eigenvalue weighted by Crippen LogP contribution is 2.66. The second-order valence-electron chi connectivity index (χ2n) is 16.5. The number of hydrogen-bond acceptors (Lipinski definition) is 3. The van der Waals surface area contributed by atoms with Crippen molar-refractivity contribution in [3.05, 3.63) is 240 Å². The van der Waals surface area contributed by atoms with Crippen molar-refractivity contribution in [3.63, 3.8) is 0 Å². The molecule has 2 aliphatic rings. The largest absolute Gasteiger partial charge is 0.454 e. The number of benzene rings is 10. The zero-order valence-electron chi connectivity index (χ0n) is 33.8. The molecule has 11 aromatic rings. The Labute approximate surface area is 358 Å². The molecule has 2 heterocycles. The van der Waals surface area contributed by atoms with Crippen LogP contribution in [0.2, 0.25) is 0 Å². The molecule has 0 N–H and O–H groups in total. The lowest BCUT2D eigenvalue weighted by Crippen LogP contribution is -2.36. The maximum Gasteiger partial charge on any atom is 0.159 e. The molecule has 0 bridgehead atoms. The minimum Gasteiger partial charge on any atom is -0.454 e. The van der Waals surface area contributed by atoms with Gasteiger partial charge in [-0.3, -0.25) is 0 Å². The van der Waals surface area contributed by atoms with Gasteiger partial charge >= 0.3 is 0 Å². The number of fused-ring (bicyclic) bond motifs is 16. The van der Waals surface area contributed by atoms with Gasteiger partial charge in [0.15, 0.2) is 5.58 Å². The molecule has 1 aromatic heterocycles. The fourth-order valence-electron chi connectivity index (χ4n) is 10.9. The Bertz CT molecular complexity index is 3580. The van der Waals surface area contributed by atoms with E-state index in [1.807, 2.05) is 12.1 Å². The Balaban J connectivity index is 1.21. The van der Waals surface area contributed by atoms with Crippen molar-refractivity contribution in [2.45, 2.75) is 12.3 Å². The van der Waals surface area contributed by atoms with Crippen LogP contribution in [0.25, 0.3) is 54.6 Å². The van der Waals surface area contributed by atoms with Crippen molar-refractivity contribution in [1.29, 1.82) is 0 Å². The quantitative estimate of drug-likeness (QED) is 0.177. The van der Waals surface area contributed by atoms with Crippen molar-refractivity contribution in [2.24, 2.45) is 0 Å². The van der Waals surface area contributed by atoms with Crippen molar-refractivity contribution in [3.8, 4) is 11.1 Å². The standard InChI is InChI=1S/C58H37FN2O/c1-36-15-13-22-44-45-23-14-28-52(57(45)62-56(36)44)61(40-32-30-38(59)31-33-40)53-35-49-55(43-21-8-7-20-42(43)53)54-41-19-6-5-16-37(41)29-34-48(54)58(49)46-24-9-11-26-50(46)60(39-17-3-2-4-18-39)51-27-12-10-25-47(51)58/h2-35H,1H3. The van der Waals surface area contributed by atoms with Crippen LogP contribution in [0.4, 0.5) is 38.5 Å². The van der Waals surface area contributed by atoms with E-state index < -0.39 is 5.41 Å². The van der Waals surface area contributed by atoms with Crippen LogP contribution in [0.3, 0.4) is 0 Å². The minimum atomic E-state index is -0.719. The van der Waals surface area contributed by atoms with E-state index in [2.05, 4.69) is 199 Å². The van der Waals surface area contributed by atoms with Gasteiger partial charge in [0.1, 0.15) is 11.4 Å². The first kappa shape index (κ1) is 34.9. The lowest BCUT2D eigenvalue weighted by Gasteiger charge is -2.45. The number of para-hydroxylation sites is 5. The number of hydrogen-bond donors (Lipinski definition) is 0. The second-order valence-corrected chi connectivity index (χ2v) is 16.5. The van der Waals surface area contributed by atoms with Crippen molar-refractivity contribution >= 4 is 77.6 Å². The lowest BCUT2D eigenvalue weighted by atomic mass is 9.64. The Hall–Kier alpha value is -7.95. The van der Waals surface area contributed by atoms with Crippen LogP contribution in [0.1, 0.15) is 27.8 Å². The van der Waals surface area contributed by atoms with Crippen LogP contribution in [0, 0.1) is 12.7 Å². The van der Waals surface area contributed by atoms with Crippen molar-refractivity contribution < 1.29 is 8.81 Å². The maximum absolute atomic E-state index is 14.9. The monoisotopic (exact) mass is 796 g/mol. The zero-order chi connectivity index (χ0) is 41.1. The summed E-state index contributed by atoms with van der Waals surface area (Å²) < 4.78 is 21.8. The fraction of sp³-hybridized carbons (Fsp3) is 0.0345. The van der Waals surface area contributed by atoms with Gasteiger partial charge in [0.2, 0.25) is 0 Å². The molecule has 3 nitrogen and oxygen atoms in total. The van der Waals surface area contributed by atoms with Gasteiger partial charge in [-0.1, -0.05) is 146 Å². The number of rotatable bonds is 4. The van der Waals surface area contributed by atoms with Crippen LogP contribution in [-0.2, 0) is 5.41 Å². The Morgan fingerprint density at radius 2 is 1.05 bits per heavy atom. The molecule has 0 saturated carbocycles. The van der Waals surface area contributed by atoms with Crippen LogP contribution in [0.15, 0.2) is 211 Å². The molecule has 0 atom stereocenters. The third-order valence-corrected chi connectivity index (χ3v) is 13.4. The van der Waals surface area contributed by atoms with E-state index in [1.165, 1.54) is 44.2 Å². The second kappa shape index (κ2) is 13.0. The van der Waals surface area contributed by atoms with E-state index >= 15 is 0 Å². The molecule has 1 aliphatic heterocycles. The summed E-state index contributed by atoms with van der Waals surface area (Å²) in [4.78, 5) is 4.71. The predicted molar refractivity (Wildman–Crippen MR) is 254 cm³/mol. The van der Waals surface area contributed by atoms with Gasteiger partial charge in [-0.2, -0.15) is 0 Å². The van der Waals surface area contributed by atoms with E-state index in [-0.39, 0.29) is 5.82 Å². The summed E-state index contributed by atoms with van der Waals surface area (Å²) in [6.45, 7) is 2.09. The highest BCUT2D eigenvalue weighted by atomic mass is 19.1. The molecule has 0 fully saturated rings. The number of aryl methyl sites for hydroxylation is 1. The summed E-state index contributed by atoms with van der Waals surface area (Å²) in [6, 6.07) is 72.9. The van der Waals surface area contributed by atoms with E-state index in [1.54, 1.807) is 12.1 Å². The van der Waals surface area contributed by atoms with E-state index in [0.29, 0.717) is 0 Å². The highest BCUT2D eigenvalue weighted by Gasteiger charge is 2.53. The molecule has 0 unspecified atom stereocenters. The molecule has 0 radical (unpaired) electrons. The average Bonchev–Trinajstić information content (AvgIpc) is 3.86. The summed E-state index contributed by atoms with van der Waals surface area (Å²) in [5.41, 5.74) is 15.4. The molecule has 10 aromatic carbocycles. The predicted octanol–water partition coefficient (Wildman–Crippen LogP) is 16.0. The normalized spacial score (nSPS) is 13.4. The van der Waals surface area contributed by atoms with Gasteiger partial charge in [0, 0.05) is 27.5 Å². The van der Waals surface area contributed by atoms with Crippen LogP contribution >= 0.6 is 0 Å². The Morgan fingerprint density at radius 1 is 0.452 bits per heavy atom. The van der Waals surface area contributed by atoms with Gasteiger partial charge in [-0.25, -0.2) is 4.39 Å².